The normalized spacial score (nSPS) is 24.7. The fourth-order valence-electron chi connectivity index (χ4n) is 4.23. The number of ether oxygens (including phenoxy) is 2. The molecular weight excluding hydrogens is 342 g/mol. The molecule has 4 rings (SSSR count). The minimum absolute atomic E-state index is 0.152. The largest absolute Gasteiger partial charge is 0.481 e. The second-order valence-electron chi connectivity index (χ2n) is 7.51. The van der Waals surface area contributed by atoms with Gasteiger partial charge in [-0.05, 0) is 25.3 Å². The average molecular weight is 367 g/mol. The Balaban J connectivity index is 1.39. The molecule has 1 spiro atoms. The van der Waals surface area contributed by atoms with Crippen LogP contribution in [0.4, 0.5) is 0 Å². The zero-order chi connectivity index (χ0) is 17.7. The third-order valence-electron chi connectivity index (χ3n) is 5.67. The lowest BCUT2D eigenvalue weighted by atomic mass is 9.73. The van der Waals surface area contributed by atoms with E-state index < -0.39 is 10.0 Å². The second-order valence-corrected chi connectivity index (χ2v) is 9.42. The summed E-state index contributed by atoms with van der Waals surface area (Å²) in [5, 5.41) is 0. The van der Waals surface area contributed by atoms with Crippen molar-refractivity contribution < 1.29 is 17.9 Å². The van der Waals surface area contributed by atoms with E-state index in [4.69, 9.17) is 9.47 Å². The van der Waals surface area contributed by atoms with Gasteiger partial charge in [-0.25, -0.2) is 13.4 Å². The van der Waals surface area contributed by atoms with Gasteiger partial charge in [0.25, 0.3) is 0 Å². The molecule has 0 aliphatic carbocycles. The average Bonchev–Trinajstić information content (AvgIpc) is 2.52. The third-order valence-corrected chi connectivity index (χ3v) is 7.59. The van der Waals surface area contributed by atoms with Crippen LogP contribution in [-0.4, -0.2) is 75.2 Å². The van der Waals surface area contributed by atoms with Crippen molar-refractivity contribution in [2.75, 3.05) is 46.5 Å². The van der Waals surface area contributed by atoms with Crippen LogP contribution in [0.5, 0.6) is 5.88 Å². The van der Waals surface area contributed by atoms with Crippen LogP contribution in [0.1, 0.15) is 18.4 Å². The molecule has 3 saturated heterocycles. The number of sulfonamides is 1. The van der Waals surface area contributed by atoms with Crippen LogP contribution in [0.2, 0.25) is 0 Å². The number of hydrogen-bond acceptors (Lipinski definition) is 6. The zero-order valence-electron chi connectivity index (χ0n) is 14.8. The Morgan fingerprint density at radius 1 is 1.24 bits per heavy atom. The van der Waals surface area contributed by atoms with Crippen molar-refractivity contribution in [2.24, 2.45) is 5.41 Å². The van der Waals surface area contributed by atoms with Gasteiger partial charge in [0.2, 0.25) is 15.9 Å². The molecule has 7 nitrogen and oxygen atoms in total. The van der Waals surface area contributed by atoms with Crippen LogP contribution in [0.25, 0.3) is 0 Å². The quantitative estimate of drug-likeness (QED) is 0.787. The fourth-order valence-corrected chi connectivity index (χ4v) is 6.05. The molecule has 0 radical (unpaired) electrons. The molecule has 0 aromatic carbocycles. The molecule has 3 fully saturated rings. The van der Waals surface area contributed by atoms with Crippen molar-refractivity contribution in [2.45, 2.75) is 30.7 Å². The number of methoxy groups -OCH3 is 1. The summed E-state index contributed by atoms with van der Waals surface area (Å²) in [7, 11) is -1.95. The van der Waals surface area contributed by atoms with Gasteiger partial charge in [-0.15, -0.1) is 0 Å². The summed E-state index contributed by atoms with van der Waals surface area (Å²) in [6, 6.07) is 2.27. The summed E-state index contributed by atoms with van der Waals surface area (Å²) < 4.78 is 37.8. The van der Waals surface area contributed by atoms with Crippen molar-refractivity contribution in [3.8, 4) is 5.88 Å². The molecule has 138 valence electrons. The summed E-state index contributed by atoms with van der Waals surface area (Å²) in [4.78, 5) is 6.83. The molecule has 1 aromatic rings. The zero-order valence-corrected chi connectivity index (χ0v) is 15.6. The predicted octanol–water partition coefficient (Wildman–Crippen LogP) is 0.884. The fraction of sp³-hybridized carbons (Fsp3) is 0.706. The van der Waals surface area contributed by atoms with Crippen LogP contribution >= 0.6 is 0 Å². The molecule has 0 saturated carbocycles. The summed E-state index contributed by atoms with van der Waals surface area (Å²) in [6.07, 6.45) is 3.59. The van der Waals surface area contributed by atoms with E-state index in [1.54, 1.807) is 17.3 Å². The van der Waals surface area contributed by atoms with E-state index in [9.17, 15) is 8.42 Å². The number of aryl methyl sites for hydroxylation is 1. The van der Waals surface area contributed by atoms with Crippen molar-refractivity contribution in [1.29, 1.82) is 0 Å². The first-order chi connectivity index (χ1) is 11.9. The highest BCUT2D eigenvalue weighted by Crippen LogP contribution is 2.44. The topological polar surface area (TPSA) is 72.0 Å². The van der Waals surface area contributed by atoms with E-state index in [0.717, 1.165) is 39.1 Å². The van der Waals surface area contributed by atoms with Gasteiger partial charge >= 0.3 is 0 Å². The van der Waals surface area contributed by atoms with E-state index in [2.05, 4.69) is 9.88 Å². The highest BCUT2D eigenvalue weighted by Gasteiger charge is 2.56. The lowest BCUT2D eigenvalue weighted by molar-refractivity contribution is -0.116. The first-order valence-electron chi connectivity index (χ1n) is 8.76. The molecule has 3 aliphatic heterocycles. The maximum Gasteiger partial charge on any atom is 0.244 e. The minimum Gasteiger partial charge on any atom is -0.481 e. The van der Waals surface area contributed by atoms with Crippen LogP contribution in [0, 0.1) is 12.3 Å². The number of hydrogen-bond donors (Lipinski definition) is 0. The van der Waals surface area contributed by atoms with Crippen molar-refractivity contribution in [1.82, 2.24) is 14.2 Å². The van der Waals surface area contributed by atoms with Gasteiger partial charge in [0.05, 0.1) is 13.3 Å². The summed E-state index contributed by atoms with van der Waals surface area (Å²) in [5.41, 5.74) is 0.823. The Kier molecular flexibility index (Phi) is 4.26. The van der Waals surface area contributed by atoms with E-state index >= 15 is 0 Å². The first-order valence-corrected chi connectivity index (χ1v) is 10.2. The molecule has 1 aromatic heterocycles. The summed E-state index contributed by atoms with van der Waals surface area (Å²) in [5.74, 6) is 0.433. The Morgan fingerprint density at radius 2 is 1.92 bits per heavy atom. The van der Waals surface area contributed by atoms with Gasteiger partial charge in [-0.1, -0.05) is 0 Å². The summed E-state index contributed by atoms with van der Waals surface area (Å²) >= 11 is 0. The molecule has 0 atom stereocenters. The molecular formula is C17H25N3O4S. The smallest absolute Gasteiger partial charge is 0.244 e. The van der Waals surface area contributed by atoms with Crippen molar-refractivity contribution >= 4 is 10.0 Å². The van der Waals surface area contributed by atoms with Gasteiger partial charge in [0.1, 0.15) is 4.90 Å². The maximum absolute atomic E-state index is 12.9. The molecule has 0 bridgehead atoms. The highest BCUT2D eigenvalue weighted by molar-refractivity contribution is 7.89. The van der Waals surface area contributed by atoms with Gasteiger partial charge in [0.15, 0.2) is 0 Å². The second kappa shape index (κ2) is 6.19. The van der Waals surface area contributed by atoms with Crippen LogP contribution in [0.15, 0.2) is 17.2 Å². The van der Waals surface area contributed by atoms with Crippen molar-refractivity contribution in [3.63, 3.8) is 0 Å². The highest BCUT2D eigenvalue weighted by atomic mass is 32.2. The van der Waals surface area contributed by atoms with E-state index in [1.165, 1.54) is 13.3 Å². The molecule has 0 amide bonds. The number of aromatic nitrogens is 1. The molecule has 0 unspecified atom stereocenters. The van der Waals surface area contributed by atoms with Crippen molar-refractivity contribution in [3.05, 3.63) is 17.8 Å². The third kappa shape index (κ3) is 2.95. The Bertz CT molecular complexity index is 747. The number of nitrogens with zero attached hydrogens (tertiary/aromatic N) is 3. The maximum atomic E-state index is 12.9. The predicted molar refractivity (Wildman–Crippen MR) is 92.1 cm³/mol. The number of likely N-dealkylation sites (tertiary alicyclic amines) is 1. The van der Waals surface area contributed by atoms with Gasteiger partial charge < -0.3 is 9.47 Å². The standard InChI is InChI=1S/C17H25N3O4S/c1-13-7-16(23-2)18-8-15(13)25(21,22)20-11-17(12-20)9-19(10-17)14-3-5-24-6-4-14/h7-8,14H,3-6,9-12H2,1-2H3. The van der Waals surface area contributed by atoms with Gasteiger partial charge in [0, 0.05) is 56.9 Å². The summed E-state index contributed by atoms with van der Waals surface area (Å²) in [6.45, 7) is 6.70. The number of rotatable bonds is 4. The van der Waals surface area contributed by atoms with Crippen LogP contribution in [-0.2, 0) is 14.8 Å². The molecule has 8 heteroatoms. The van der Waals surface area contributed by atoms with Crippen LogP contribution < -0.4 is 4.74 Å². The minimum atomic E-state index is -3.47. The van der Waals surface area contributed by atoms with E-state index in [1.807, 2.05) is 0 Å². The Morgan fingerprint density at radius 3 is 2.52 bits per heavy atom. The Labute approximate surface area is 149 Å². The Hall–Kier alpha value is -1.22. The SMILES string of the molecule is COc1cc(C)c(S(=O)(=O)N2CC3(CN(C4CCOCC4)C3)C2)cn1. The monoisotopic (exact) mass is 367 g/mol. The molecule has 0 N–H and O–H groups in total. The number of pyridine rings is 1. The van der Waals surface area contributed by atoms with E-state index in [-0.39, 0.29) is 10.3 Å². The molecule has 4 heterocycles. The molecule has 3 aliphatic rings. The van der Waals surface area contributed by atoms with E-state index in [0.29, 0.717) is 30.6 Å². The van der Waals surface area contributed by atoms with Gasteiger partial charge in [-0.2, -0.15) is 4.31 Å². The first kappa shape index (κ1) is 17.2. The lowest BCUT2D eigenvalue weighted by Gasteiger charge is -2.61. The van der Waals surface area contributed by atoms with Gasteiger partial charge in [-0.3, -0.25) is 4.90 Å². The lowest BCUT2D eigenvalue weighted by Crippen LogP contribution is -2.74. The molecule has 25 heavy (non-hydrogen) atoms. The van der Waals surface area contributed by atoms with Crippen LogP contribution in [0.3, 0.4) is 0 Å².